The molecule has 0 N–H and O–H groups in total. The Morgan fingerprint density at radius 2 is 2.30 bits per heavy atom. The minimum Gasteiger partial charge on any atom is -0.198 e. The third kappa shape index (κ3) is 0.751. The van der Waals surface area contributed by atoms with Gasteiger partial charge in [0.05, 0.1) is 6.07 Å². The number of fused-ring (bicyclic) bond motifs is 1. The SMILES string of the molecule is N#CCC1CC2CCCC12. The van der Waals surface area contributed by atoms with E-state index in [1.807, 2.05) is 0 Å². The number of hydrogen-bond acceptors (Lipinski definition) is 1. The van der Waals surface area contributed by atoms with Crippen LogP contribution < -0.4 is 0 Å². The maximum Gasteiger partial charge on any atom is 0.0624 e. The van der Waals surface area contributed by atoms with Crippen LogP contribution in [0.3, 0.4) is 0 Å². The van der Waals surface area contributed by atoms with Crippen LogP contribution in [0.25, 0.3) is 0 Å². The van der Waals surface area contributed by atoms with Crippen LogP contribution in [0.4, 0.5) is 0 Å². The molecule has 0 heterocycles. The first-order valence-corrected chi connectivity index (χ1v) is 4.29. The van der Waals surface area contributed by atoms with Gasteiger partial charge in [-0.3, -0.25) is 0 Å². The zero-order valence-corrected chi connectivity index (χ0v) is 6.21. The second-order valence-corrected chi connectivity index (χ2v) is 3.71. The maximum absolute atomic E-state index is 8.47. The minimum absolute atomic E-state index is 0.789. The van der Waals surface area contributed by atoms with Gasteiger partial charge in [-0.25, -0.2) is 0 Å². The lowest BCUT2D eigenvalue weighted by Gasteiger charge is -2.39. The van der Waals surface area contributed by atoms with Crippen molar-refractivity contribution in [3.8, 4) is 6.07 Å². The Kier molecular flexibility index (Phi) is 1.41. The summed E-state index contributed by atoms with van der Waals surface area (Å²) in [5.41, 5.74) is 0. The number of hydrogen-bond donors (Lipinski definition) is 0. The highest BCUT2D eigenvalue weighted by Gasteiger charge is 2.42. The average molecular weight is 135 g/mol. The fourth-order valence-corrected chi connectivity index (χ4v) is 2.70. The third-order valence-corrected chi connectivity index (χ3v) is 3.28. The van der Waals surface area contributed by atoms with Crippen molar-refractivity contribution in [2.24, 2.45) is 17.8 Å². The maximum atomic E-state index is 8.47. The standard InChI is InChI=1S/C9H13N/c10-5-4-8-6-7-2-1-3-9(7)8/h7-9H,1-4,6H2. The molecule has 0 aliphatic heterocycles. The van der Waals surface area contributed by atoms with E-state index >= 15 is 0 Å². The van der Waals surface area contributed by atoms with Gasteiger partial charge in [0.1, 0.15) is 0 Å². The molecule has 0 bridgehead atoms. The summed E-state index contributed by atoms with van der Waals surface area (Å²) in [5.74, 6) is 2.77. The zero-order chi connectivity index (χ0) is 6.97. The van der Waals surface area contributed by atoms with E-state index in [1.54, 1.807) is 0 Å². The molecule has 0 aromatic rings. The van der Waals surface area contributed by atoms with Gasteiger partial charge in [0.2, 0.25) is 0 Å². The van der Waals surface area contributed by atoms with Crippen LogP contribution in [0.5, 0.6) is 0 Å². The Morgan fingerprint density at radius 1 is 1.40 bits per heavy atom. The Morgan fingerprint density at radius 3 is 3.00 bits per heavy atom. The molecule has 2 saturated carbocycles. The predicted octanol–water partition coefficient (Wildman–Crippen LogP) is 2.34. The van der Waals surface area contributed by atoms with E-state index in [0.717, 1.165) is 24.2 Å². The van der Waals surface area contributed by atoms with E-state index in [9.17, 15) is 0 Å². The number of nitriles is 1. The van der Waals surface area contributed by atoms with Gasteiger partial charge in [0.15, 0.2) is 0 Å². The second kappa shape index (κ2) is 2.27. The minimum atomic E-state index is 0.789. The van der Waals surface area contributed by atoms with Crippen LogP contribution in [-0.4, -0.2) is 0 Å². The molecule has 2 rings (SSSR count). The van der Waals surface area contributed by atoms with E-state index in [2.05, 4.69) is 6.07 Å². The largest absolute Gasteiger partial charge is 0.198 e. The van der Waals surface area contributed by atoms with Crippen molar-refractivity contribution in [3.63, 3.8) is 0 Å². The first-order chi connectivity index (χ1) is 4.92. The highest BCUT2D eigenvalue weighted by atomic mass is 14.5. The number of rotatable bonds is 1. The van der Waals surface area contributed by atoms with Crippen molar-refractivity contribution in [2.45, 2.75) is 32.1 Å². The van der Waals surface area contributed by atoms with Crippen LogP contribution in [0.2, 0.25) is 0 Å². The van der Waals surface area contributed by atoms with Crippen LogP contribution in [0.1, 0.15) is 32.1 Å². The molecule has 1 nitrogen and oxygen atoms in total. The second-order valence-electron chi connectivity index (χ2n) is 3.71. The monoisotopic (exact) mass is 135 g/mol. The normalized spacial score (nSPS) is 43.7. The molecule has 2 aliphatic carbocycles. The molecular formula is C9H13N. The van der Waals surface area contributed by atoms with Crippen LogP contribution in [0.15, 0.2) is 0 Å². The smallest absolute Gasteiger partial charge is 0.0624 e. The van der Waals surface area contributed by atoms with Gasteiger partial charge in [-0.05, 0) is 30.6 Å². The zero-order valence-electron chi connectivity index (χ0n) is 6.21. The summed E-state index contributed by atoms with van der Waals surface area (Å²) >= 11 is 0. The van der Waals surface area contributed by atoms with Gasteiger partial charge in [-0.2, -0.15) is 5.26 Å². The van der Waals surface area contributed by atoms with E-state index in [4.69, 9.17) is 5.26 Å². The van der Waals surface area contributed by atoms with Crippen LogP contribution in [-0.2, 0) is 0 Å². The Balaban J connectivity index is 1.89. The first kappa shape index (κ1) is 6.22. The molecule has 10 heavy (non-hydrogen) atoms. The quantitative estimate of drug-likeness (QED) is 0.541. The lowest BCUT2D eigenvalue weighted by Crippen LogP contribution is -2.31. The molecule has 3 unspecified atom stereocenters. The van der Waals surface area contributed by atoms with Crippen molar-refractivity contribution in [2.75, 3.05) is 0 Å². The van der Waals surface area contributed by atoms with Crippen LogP contribution >= 0.6 is 0 Å². The van der Waals surface area contributed by atoms with E-state index in [-0.39, 0.29) is 0 Å². The molecule has 0 aromatic heterocycles. The highest BCUT2D eigenvalue weighted by Crippen LogP contribution is 2.52. The fraction of sp³-hybridized carbons (Fsp3) is 0.889. The molecule has 0 aromatic carbocycles. The lowest BCUT2D eigenvalue weighted by atomic mass is 9.66. The van der Waals surface area contributed by atoms with Crippen LogP contribution in [0, 0.1) is 29.1 Å². The lowest BCUT2D eigenvalue weighted by molar-refractivity contribution is 0.107. The number of nitrogens with zero attached hydrogens (tertiary/aromatic N) is 1. The summed E-state index contributed by atoms with van der Waals surface area (Å²) in [5, 5.41) is 8.47. The average Bonchev–Trinajstić information content (AvgIpc) is 2.26. The predicted molar refractivity (Wildman–Crippen MR) is 39.2 cm³/mol. The summed E-state index contributed by atoms with van der Waals surface area (Å²) in [4.78, 5) is 0. The van der Waals surface area contributed by atoms with Gasteiger partial charge in [0, 0.05) is 6.42 Å². The first-order valence-electron chi connectivity index (χ1n) is 4.29. The summed E-state index contributed by atoms with van der Waals surface area (Å²) in [7, 11) is 0. The summed E-state index contributed by atoms with van der Waals surface area (Å²) < 4.78 is 0. The molecule has 2 fully saturated rings. The molecule has 2 aliphatic rings. The van der Waals surface area contributed by atoms with Crippen molar-refractivity contribution in [1.29, 1.82) is 5.26 Å². The van der Waals surface area contributed by atoms with Crippen molar-refractivity contribution in [1.82, 2.24) is 0 Å². The molecule has 54 valence electrons. The summed E-state index contributed by atoms with van der Waals surface area (Å²) in [6.45, 7) is 0. The van der Waals surface area contributed by atoms with E-state index in [0.29, 0.717) is 0 Å². The van der Waals surface area contributed by atoms with Crippen molar-refractivity contribution < 1.29 is 0 Å². The van der Waals surface area contributed by atoms with E-state index in [1.165, 1.54) is 25.7 Å². The molecule has 0 spiro atoms. The van der Waals surface area contributed by atoms with Gasteiger partial charge < -0.3 is 0 Å². The molecule has 0 saturated heterocycles. The third-order valence-electron chi connectivity index (χ3n) is 3.28. The van der Waals surface area contributed by atoms with Gasteiger partial charge in [0.25, 0.3) is 0 Å². The van der Waals surface area contributed by atoms with Gasteiger partial charge >= 0.3 is 0 Å². The van der Waals surface area contributed by atoms with Gasteiger partial charge in [-0.15, -0.1) is 0 Å². The molecule has 3 atom stereocenters. The molecular weight excluding hydrogens is 122 g/mol. The Labute approximate surface area is 62.0 Å². The van der Waals surface area contributed by atoms with Crippen molar-refractivity contribution >= 4 is 0 Å². The topological polar surface area (TPSA) is 23.8 Å². The highest BCUT2D eigenvalue weighted by molar-refractivity contribution is 4.96. The van der Waals surface area contributed by atoms with E-state index < -0.39 is 0 Å². The summed E-state index contributed by atoms with van der Waals surface area (Å²) in [6, 6.07) is 2.28. The summed E-state index contributed by atoms with van der Waals surface area (Å²) in [6.07, 6.45) is 6.47. The molecule has 0 amide bonds. The van der Waals surface area contributed by atoms with Crippen molar-refractivity contribution in [3.05, 3.63) is 0 Å². The Bertz CT molecular complexity index is 168. The van der Waals surface area contributed by atoms with Gasteiger partial charge in [-0.1, -0.05) is 12.8 Å². The Hall–Kier alpha value is -0.510. The fourth-order valence-electron chi connectivity index (χ4n) is 2.70. The molecule has 1 heteroatoms. The molecule has 0 radical (unpaired) electrons.